The summed E-state index contributed by atoms with van der Waals surface area (Å²) in [7, 11) is 0. The minimum absolute atomic E-state index is 0.136. The highest BCUT2D eigenvalue weighted by Gasteiger charge is 1.99. The van der Waals surface area contributed by atoms with Gasteiger partial charge in [0, 0.05) is 13.0 Å². The SMILES string of the molecule is C#CCCCCNCCC(=O)OCC. The van der Waals surface area contributed by atoms with Gasteiger partial charge in [0.2, 0.25) is 0 Å². The fraction of sp³-hybridized carbons (Fsp3) is 0.727. The zero-order valence-electron chi connectivity index (χ0n) is 8.84. The fourth-order valence-corrected chi connectivity index (χ4v) is 1.03. The number of hydrogen-bond donors (Lipinski definition) is 1. The molecule has 1 N–H and O–H groups in total. The average molecular weight is 197 g/mol. The number of rotatable bonds is 8. The number of carbonyl (C=O) groups is 1. The Morgan fingerprint density at radius 2 is 2.21 bits per heavy atom. The average Bonchev–Trinajstić information content (AvgIpc) is 2.17. The predicted molar refractivity (Wildman–Crippen MR) is 56.8 cm³/mol. The first kappa shape index (κ1) is 13.0. The lowest BCUT2D eigenvalue weighted by molar-refractivity contribution is -0.142. The Bertz CT molecular complexity index is 184. The standard InChI is InChI=1S/C11H19NO2/c1-3-5-6-7-9-12-10-8-11(13)14-4-2/h1,12H,4-10H2,2H3. The first-order chi connectivity index (χ1) is 6.81. The highest BCUT2D eigenvalue weighted by Crippen LogP contribution is 1.91. The van der Waals surface area contributed by atoms with Crippen LogP contribution >= 0.6 is 0 Å². The van der Waals surface area contributed by atoms with Crippen LogP contribution in [0.3, 0.4) is 0 Å². The monoisotopic (exact) mass is 197 g/mol. The summed E-state index contributed by atoms with van der Waals surface area (Å²) in [6.45, 7) is 3.88. The van der Waals surface area contributed by atoms with E-state index in [2.05, 4.69) is 11.2 Å². The van der Waals surface area contributed by atoms with E-state index in [4.69, 9.17) is 11.2 Å². The van der Waals surface area contributed by atoms with Crippen molar-refractivity contribution in [3.63, 3.8) is 0 Å². The van der Waals surface area contributed by atoms with Gasteiger partial charge in [-0.3, -0.25) is 4.79 Å². The highest BCUT2D eigenvalue weighted by atomic mass is 16.5. The van der Waals surface area contributed by atoms with Crippen LogP contribution in [0, 0.1) is 12.3 Å². The number of esters is 1. The van der Waals surface area contributed by atoms with Crippen LogP contribution in [0.1, 0.15) is 32.6 Å². The minimum Gasteiger partial charge on any atom is -0.466 e. The molecule has 0 aliphatic heterocycles. The summed E-state index contributed by atoms with van der Waals surface area (Å²) in [5, 5.41) is 3.16. The number of nitrogens with one attached hydrogen (secondary N) is 1. The molecule has 0 aromatic heterocycles. The lowest BCUT2D eigenvalue weighted by Gasteiger charge is -2.03. The number of ether oxygens (including phenoxy) is 1. The van der Waals surface area contributed by atoms with E-state index in [-0.39, 0.29) is 5.97 Å². The lowest BCUT2D eigenvalue weighted by atomic mass is 10.2. The van der Waals surface area contributed by atoms with Crippen LogP contribution < -0.4 is 5.32 Å². The van der Waals surface area contributed by atoms with Crippen molar-refractivity contribution in [2.45, 2.75) is 32.6 Å². The van der Waals surface area contributed by atoms with Crippen molar-refractivity contribution in [1.29, 1.82) is 0 Å². The smallest absolute Gasteiger partial charge is 0.307 e. The quantitative estimate of drug-likeness (QED) is 0.362. The first-order valence-electron chi connectivity index (χ1n) is 5.11. The second-order valence-electron chi connectivity index (χ2n) is 2.97. The third-order valence-electron chi connectivity index (χ3n) is 1.74. The van der Waals surface area contributed by atoms with Gasteiger partial charge in [0.25, 0.3) is 0 Å². The van der Waals surface area contributed by atoms with Crippen LogP contribution in [0.5, 0.6) is 0 Å². The Balaban J connectivity index is 3.06. The van der Waals surface area contributed by atoms with E-state index in [1.807, 2.05) is 6.92 Å². The maximum Gasteiger partial charge on any atom is 0.307 e. The van der Waals surface area contributed by atoms with E-state index >= 15 is 0 Å². The molecular formula is C11H19NO2. The summed E-state index contributed by atoms with van der Waals surface area (Å²) < 4.78 is 4.78. The van der Waals surface area contributed by atoms with Gasteiger partial charge >= 0.3 is 5.97 Å². The lowest BCUT2D eigenvalue weighted by Crippen LogP contribution is -2.20. The maximum atomic E-state index is 10.9. The summed E-state index contributed by atoms with van der Waals surface area (Å²) >= 11 is 0. The summed E-state index contributed by atoms with van der Waals surface area (Å²) in [6, 6.07) is 0. The Hall–Kier alpha value is -1.01. The van der Waals surface area contributed by atoms with Gasteiger partial charge in [-0.05, 0) is 26.3 Å². The predicted octanol–water partition coefficient (Wildman–Crippen LogP) is 1.33. The van der Waals surface area contributed by atoms with Crippen molar-refractivity contribution in [3.05, 3.63) is 0 Å². The van der Waals surface area contributed by atoms with Crippen LogP contribution in [0.25, 0.3) is 0 Å². The topological polar surface area (TPSA) is 38.3 Å². The largest absolute Gasteiger partial charge is 0.466 e. The zero-order valence-corrected chi connectivity index (χ0v) is 8.84. The molecule has 0 heterocycles. The molecule has 0 rings (SSSR count). The van der Waals surface area contributed by atoms with Crippen molar-refractivity contribution in [2.24, 2.45) is 0 Å². The van der Waals surface area contributed by atoms with Gasteiger partial charge in [-0.2, -0.15) is 0 Å². The summed E-state index contributed by atoms with van der Waals surface area (Å²) in [5.74, 6) is 2.46. The molecule has 0 radical (unpaired) electrons. The normalized spacial score (nSPS) is 9.43. The molecule has 0 fully saturated rings. The summed E-state index contributed by atoms with van der Waals surface area (Å²) in [5.41, 5.74) is 0. The van der Waals surface area contributed by atoms with Gasteiger partial charge in [0.1, 0.15) is 0 Å². The molecule has 0 spiro atoms. The molecule has 0 saturated carbocycles. The minimum atomic E-state index is -0.136. The maximum absolute atomic E-state index is 10.9. The van der Waals surface area contributed by atoms with E-state index in [9.17, 15) is 4.79 Å². The number of carbonyl (C=O) groups excluding carboxylic acids is 1. The van der Waals surface area contributed by atoms with Crippen molar-refractivity contribution >= 4 is 5.97 Å². The van der Waals surface area contributed by atoms with Crippen LogP contribution in [0.2, 0.25) is 0 Å². The third-order valence-corrected chi connectivity index (χ3v) is 1.74. The molecule has 80 valence electrons. The van der Waals surface area contributed by atoms with E-state index in [0.29, 0.717) is 19.6 Å². The molecule has 0 aromatic rings. The molecular weight excluding hydrogens is 178 g/mol. The Labute approximate surface area is 86.2 Å². The van der Waals surface area contributed by atoms with Gasteiger partial charge in [-0.25, -0.2) is 0 Å². The molecule has 0 aromatic carbocycles. The molecule has 0 bridgehead atoms. The van der Waals surface area contributed by atoms with Gasteiger partial charge in [0.15, 0.2) is 0 Å². The number of hydrogen-bond acceptors (Lipinski definition) is 3. The third kappa shape index (κ3) is 9.08. The molecule has 3 nitrogen and oxygen atoms in total. The Morgan fingerprint density at radius 1 is 1.43 bits per heavy atom. The molecule has 3 heteroatoms. The summed E-state index contributed by atoms with van der Waals surface area (Å²) in [6.07, 6.45) is 8.50. The van der Waals surface area contributed by atoms with E-state index in [1.54, 1.807) is 0 Å². The molecule has 0 atom stereocenters. The Kier molecular flexibility index (Phi) is 9.35. The Morgan fingerprint density at radius 3 is 2.86 bits per heavy atom. The van der Waals surface area contributed by atoms with Crippen molar-refractivity contribution in [3.8, 4) is 12.3 Å². The molecule has 0 aliphatic carbocycles. The molecule has 14 heavy (non-hydrogen) atoms. The number of terminal acetylenes is 1. The van der Waals surface area contributed by atoms with Gasteiger partial charge < -0.3 is 10.1 Å². The van der Waals surface area contributed by atoms with Crippen LogP contribution in [0.15, 0.2) is 0 Å². The van der Waals surface area contributed by atoms with Gasteiger partial charge in [0.05, 0.1) is 13.0 Å². The van der Waals surface area contributed by atoms with Crippen molar-refractivity contribution < 1.29 is 9.53 Å². The van der Waals surface area contributed by atoms with Crippen molar-refractivity contribution in [1.82, 2.24) is 5.32 Å². The van der Waals surface area contributed by atoms with Gasteiger partial charge in [-0.15, -0.1) is 12.3 Å². The number of unbranched alkanes of at least 4 members (excludes halogenated alkanes) is 2. The second-order valence-corrected chi connectivity index (χ2v) is 2.97. The van der Waals surface area contributed by atoms with Gasteiger partial charge in [-0.1, -0.05) is 0 Å². The fourth-order valence-electron chi connectivity index (χ4n) is 1.03. The van der Waals surface area contributed by atoms with E-state index in [1.165, 1.54) is 0 Å². The van der Waals surface area contributed by atoms with Crippen LogP contribution in [0.4, 0.5) is 0 Å². The molecule has 0 unspecified atom stereocenters. The van der Waals surface area contributed by atoms with Crippen LogP contribution in [-0.4, -0.2) is 25.7 Å². The highest BCUT2D eigenvalue weighted by molar-refractivity contribution is 5.69. The molecule has 0 aliphatic rings. The molecule has 0 saturated heterocycles. The van der Waals surface area contributed by atoms with Crippen molar-refractivity contribution in [2.75, 3.05) is 19.7 Å². The molecule has 0 amide bonds. The van der Waals surface area contributed by atoms with E-state index in [0.717, 1.165) is 25.8 Å². The second kappa shape index (κ2) is 10.1. The zero-order chi connectivity index (χ0) is 10.6. The van der Waals surface area contributed by atoms with E-state index < -0.39 is 0 Å². The summed E-state index contributed by atoms with van der Waals surface area (Å²) in [4.78, 5) is 10.9. The van der Waals surface area contributed by atoms with Crippen LogP contribution in [-0.2, 0) is 9.53 Å². The first-order valence-corrected chi connectivity index (χ1v) is 5.11.